The first-order valence-corrected chi connectivity index (χ1v) is 9.35. The van der Waals surface area contributed by atoms with Gasteiger partial charge >= 0.3 is 5.97 Å². The Morgan fingerprint density at radius 3 is 2.63 bits per heavy atom. The zero-order chi connectivity index (χ0) is 19.0. The molecule has 0 aliphatic carbocycles. The molecule has 1 aliphatic rings. The molecule has 2 heterocycles. The van der Waals surface area contributed by atoms with Crippen LogP contribution in [0.15, 0.2) is 53.4 Å². The van der Waals surface area contributed by atoms with E-state index < -0.39 is 5.97 Å². The number of hydrogen-bond acceptors (Lipinski definition) is 5. The summed E-state index contributed by atoms with van der Waals surface area (Å²) in [6.45, 7) is 0. The van der Waals surface area contributed by atoms with Crippen LogP contribution in [0.2, 0.25) is 0 Å². The summed E-state index contributed by atoms with van der Waals surface area (Å²) in [5, 5.41) is 7.32. The SMILES string of the molecule is COC(=O)c1ccc(NC(=O)c2nn(C)c3c2CSc2ccccc2-3)cc1. The number of hydrogen-bond donors (Lipinski definition) is 1. The zero-order valence-corrected chi connectivity index (χ0v) is 15.7. The van der Waals surface area contributed by atoms with Gasteiger partial charge in [-0.3, -0.25) is 9.48 Å². The number of carbonyl (C=O) groups excluding carboxylic acids is 2. The van der Waals surface area contributed by atoms with Crippen LogP contribution in [0.1, 0.15) is 26.4 Å². The van der Waals surface area contributed by atoms with Gasteiger partial charge in [0.1, 0.15) is 0 Å². The first kappa shape index (κ1) is 17.4. The molecule has 3 aromatic rings. The van der Waals surface area contributed by atoms with Crippen LogP contribution in [0.5, 0.6) is 0 Å². The summed E-state index contributed by atoms with van der Waals surface area (Å²) in [6.07, 6.45) is 0. The summed E-state index contributed by atoms with van der Waals surface area (Å²) in [7, 11) is 3.19. The van der Waals surface area contributed by atoms with E-state index in [2.05, 4.69) is 27.3 Å². The van der Waals surface area contributed by atoms with Crippen molar-refractivity contribution in [3.05, 3.63) is 65.4 Å². The minimum atomic E-state index is -0.414. The van der Waals surface area contributed by atoms with Crippen molar-refractivity contribution in [3.63, 3.8) is 0 Å². The average Bonchev–Trinajstić information content (AvgIpc) is 3.05. The highest BCUT2D eigenvalue weighted by Crippen LogP contribution is 2.42. The number of esters is 1. The van der Waals surface area contributed by atoms with E-state index in [9.17, 15) is 9.59 Å². The van der Waals surface area contributed by atoms with Gasteiger partial charge < -0.3 is 10.1 Å². The summed E-state index contributed by atoms with van der Waals surface area (Å²) < 4.78 is 6.45. The molecule has 136 valence electrons. The Morgan fingerprint density at radius 1 is 1.15 bits per heavy atom. The molecular weight excluding hydrogens is 362 g/mol. The number of nitrogens with one attached hydrogen (secondary N) is 1. The Kier molecular flexibility index (Phi) is 4.45. The second-order valence-electron chi connectivity index (χ2n) is 6.11. The Bertz CT molecular complexity index is 1040. The molecule has 0 unspecified atom stereocenters. The van der Waals surface area contributed by atoms with E-state index in [-0.39, 0.29) is 5.91 Å². The van der Waals surface area contributed by atoms with Crippen molar-refractivity contribution in [2.45, 2.75) is 10.6 Å². The molecular formula is C20H17N3O3S. The Hall–Kier alpha value is -3.06. The van der Waals surface area contributed by atoms with Crippen LogP contribution in [0.4, 0.5) is 5.69 Å². The van der Waals surface area contributed by atoms with Gasteiger partial charge in [0.05, 0.1) is 18.4 Å². The quantitative estimate of drug-likeness (QED) is 0.702. The number of aryl methyl sites for hydroxylation is 1. The fraction of sp³-hybridized carbons (Fsp3) is 0.150. The number of nitrogens with zero attached hydrogens (tertiary/aromatic N) is 2. The van der Waals surface area contributed by atoms with Crippen molar-refractivity contribution in [1.82, 2.24) is 9.78 Å². The number of thioether (sulfide) groups is 1. The number of rotatable bonds is 3. The van der Waals surface area contributed by atoms with Gasteiger partial charge in [0.15, 0.2) is 5.69 Å². The summed E-state index contributed by atoms with van der Waals surface area (Å²) in [5.74, 6) is 0.0181. The average molecular weight is 379 g/mol. The molecule has 0 saturated carbocycles. The highest BCUT2D eigenvalue weighted by atomic mass is 32.2. The molecule has 0 atom stereocenters. The molecule has 0 fully saturated rings. The maximum atomic E-state index is 12.8. The van der Waals surface area contributed by atoms with Gasteiger partial charge in [0.25, 0.3) is 5.91 Å². The van der Waals surface area contributed by atoms with Gasteiger partial charge in [0.2, 0.25) is 0 Å². The Morgan fingerprint density at radius 2 is 1.89 bits per heavy atom. The van der Waals surface area contributed by atoms with Crippen LogP contribution in [0.25, 0.3) is 11.3 Å². The summed E-state index contributed by atoms with van der Waals surface area (Å²) in [5.41, 5.74) is 4.46. The minimum absolute atomic E-state index is 0.266. The molecule has 0 saturated heterocycles. The van der Waals surface area contributed by atoms with Crippen LogP contribution in [-0.4, -0.2) is 28.8 Å². The molecule has 1 aromatic heterocycles. The lowest BCUT2D eigenvalue weighted by atomic mass is 10.1. The fourth-order valence-corrected chi connectivity index (χ4v) is 4.23. The maximum absolute atomic E-state index is 12.8. The van der Waals surface area contributed by atoms with Crippen LogP contribution in [-0.2, 0) is 17.5 Å². The largest absolute Gasteiger partial charge is 0.465 e. The predicted molar refractivity (Wildman–Crippen MR) is 104 cm³/mol. The number of methoxy groups -OCH3 is 1. The third-order valence-corrected chi connectivity index (χ3v) is 5.54. The Balaban J connectivity index is 1.62. The van der Waals surface area contributed by atoms with Crippen LogP contribution < -0.4 is 5.32 Å². The van der Waals surface area contributed by atoms with E-state index >= 15 is 0 Å². The molecule has 27 heavy (non-hydrogen) atoms. The normalized spacial score (nSPS) is 12.1. The van der Waals surface area contributed by atoms with E-state index in [1.165, 1.54) is 12.0 Å². The van der Waals surface area contributed by atoms with Crippen molar-refractivity contribution in [1.29, 1.82) is 0 Å². The van der Waals surface area contributed by atoms with Crippen molar-refractivity contribution >= 4 is 29.3 Å². The standard InChI is InChI=1S/C20H17N3O3S/c1-23-18-14-5-3-4-6-16(14)27-11-15(18)17(22-23)19(24)21-13-9-7-12(8-10-13)20(25)26-2/h3-10H,11H2,1-2H3,(H,21,24). The second-order valence-corrected chi connectivity index (χ2v) is 7.12. The molecule has 0 bridgehead atoms. The molecule has 1 aliphatic heterocycles. The third-order valence-electron chi connectivity index (χ3n) is 4.44. The van der Waals surface area contributed by atoms with Crippen molar-refractivity contribution in [2.24, 2.45) is 7.05 Å². The number of ether oxygens (including phenoxy) is 1. The van der Waals surface area contributed by atoms with Gasteiger partial charge in [0, 0.05) is 34.5 Å². The molecule has 2 aromatic carbocycles. The number of benzene rings is 2. The van der Waals surface area contributed by atoms with E-state index in [4.69, 9.17) is 0 Å². The van der Waals surface area contributed by atoms with E-state index in [0.717, 1.165) is 16.8 Å². The maximum Gasteiger partial charge on any atom is 0.337 e. The number of carbonyl (C=O) groups is 2. The molecule has 0 spiro atoms. The molecule has 1 N–H and O–H groups in total. The summed E-state index contributed by atoms with van der Waals surface area (Å²) in [4.78, 5) is 25.5. The van der Waals surface area contributed by atoms with E-state index in [0.29, 0.717) is 22.7 Å². The molecule has 0 radical (unpaired) electrons. The minimum Gasteiger partial charge on any atom is -0.465 e. The zero-order valence-electron chi connectivity index (χ0n) is 14.9. The lowest BCUT2D eigenvalue weighted by Crippen LogP contribution is -2.15. The molecule has 4 rings (SSSR count). The smallest absolute Gasteiger partial charge is 0.337 e. The van der Waals surface area contributed by atoms with E-state index in [1.807, 2.05) is 19.2 Å². The van der Waals surface area contributed by atoms with Gasteiger partial charge in [-0.1, -0.05) is 18.2 Å². The summed E-state index contributed by atoms with van der Waals surface area (Å²) in [6, 6.07) is 14.7. The van der Waals surface area contributed by atoms with Gasteiger partial charge in [-0.15, -0.1) is 11.8 Å². The third kappa shape index (κ3) is 3.10. The van der Waals surface area contributed by atoms with Crippen LogP contribution >= 0.6 is 11.8 Å². The van der Waals surface area contributed by atoms with Crippen molar-refractivity contribution < 1.29 is 14.3 Å². The number of aromatic nitrogens is 2. The second kappa shape index (κ2) is 6.92. The highest BCUT2D eigenvalue weighted by molar-refractivity contribution is 7.98. The van der Waals surface area contributed by atoms with Gasteiger partial charge in [-0.25, -0.2) is 4.79 Å². The van der Waals surface area contributed by atoms with Gasteiger partial charge in [-0.2, -0.15) is 5.10 Å². The molecule has 1 amide bonds. The highest BCUT2D eigenvalue weighted by Gasteiger charge is 2.27. The van der Waals surface area contributed by atoms with Crippen LogP contribution in [0.3, 0.4) is 0 Å². The van der Waals surface area contributed by atoms with E-state index in [1.54, 1.807) is 40.7 Å². The molecule has 7 heteroatoms. The Labute approximate surface area is 160 Å². The number of amides is 1. The topological polar surface area (TPSA) is 73.2 Å². The monoisotopic (exact) mass is 379 g/mol. The molecule has 6 nitrogen and oxygen atoms in total. The predicted octanol–water partition coefficient (Wildman–Crippen LogP) is 3.73. The lowest BCUT2D eigenvalue weighted by Gasteiger charge is -2.17. The fourth-order valence-electron chi connectivity index (χ4n) is 3.16. The number of anilines is 1. The van der Waals surface area contributed by atoms with Crippen molar-refractivity contribution in [2.75, 3.05) is 12.4 Å². The number of fused-ring (bicyclic) bond motifs is 3. The van der Waals surface area contributed by atoms with Crippen molar-refractivity contribution in [3.8, 4) is 11.3 Å². The first-order valence-electron chi connectivity index (χ1n) is 8.36. The van der Waals surface area contributed by atoms with Gasteiger partial charge in [-0.05, 0) is 30.3 Å². The van der Waals surface area contributed by atoms with Crippen LogP contribution in [0, 0.1) is 0 Å². The first-order chi connectivity index (χ1) is 13.1. The lowest BCUT2D eigenvalue weighted by molar-refractivity contribution is 0.0600. The summed E-state index contributed by atoms with van der Waals surface area (Å²) >= 11 is 1.71.